The van der Waals surface area contributed by atoms with E-state index >= 15 is 0 Å². The maximum absolute atomic E-state index is 12.0. The van der Waals surface area contributed by atoms with Gasteiger partial charge in [-0.3, -0.25) is 4.90 Å². The molecule has 5 nitrogen and oxygen atoms in total. The van der Waals surface area contributed by atoms with Crippen molar-refractivity contribution in [2.75, 3.05) is 14.2 Å². The maximum Gasteiger partial charge on any atom is 0.410 e. The van der Waals surface area contributed by atoms with Crippen LogP contribution in [0.4, 0.5) is 4.79 Å². The van der Waals surface area contributed by atoms with Gasteiger partial charge < -0.3 is 14.3 Å². The molecule has 0 aliphatic carbocycles. The first-order valence-electron chi connectivity index (χ1n) is 6.33. The summed E-state index contributed by atoms with van der Waals surface area (Å²) in [5.74, 6) is 0.693. The molecular formula is C15H21NO4. The van der Waals surface area contributed by atoms with Crippen LogP contribution in [-0.2, 0) is 9.53 Å². The van der Waals surface area contributed by atoms with Gasteiger partial charge in [0.2, 0.25) is 0 Å². The van der Waals surface area contributed by atoms with Crippen LogP contribution in [0.15, 0.2) is 24.3 Å². The lowest BCUT2D eigenvalue weighted by Gasteiger charge is -2.28. The number of carbonyl (C=O) groups is 2. The number of nitrogens with zero attached hydrogens (tertiary/aromatic N) is 1. The molecule has 20 heavy (non-hydrogen) atoms. The molecule has 0 heterocycles. The monoisotopic (exact) mass is 279 g/mol. The van der Waals surface area contributed by atoms with E-state index in [0.717, 1.165) is 0 Å². The molecule has 5 heteroatoms. The van der Waals surface area contributed by atoms with Crippen molar-refractivity contribution in [1.29, 1.82) is 0 Å². The summed E-state index contributed by atoms with van der Waals surface area (Å²) in [5.41, 5.74) is 0.104. The van der Waals surface area contributed by atoms with Gasteiger partial charge in [-0.15, -0.1) is 0 Å². The van der Waals surface area contributed by atoms with Crippen molar-refractivity contribution >= 4 is 12.4 Å². The van der Waals surface area contributed by atoms with Crippen LogP contribution in [0.25, 0.3) is 0 Å². The largest absolute Gasteiger partial charge is 0.497 e. The average Bonchev–Trinajstić information content (AvgIpc) is 2.38. The predicted octanol–water partition coefficient (Wildman–Crippen LogP) is 2.80. The van der Waals surface area contributed by atoms with Crippen molar-refractivity contribution in [3.8, 4) is 5.75 Å². The van der Waals surface area contributed by atoms with Gasteiger partial charge in [-0.2, -0.15) is 0 Å². The van der Waals surface area contributed by atoms with Gasteiger partial charge in [-0.1, -0.05) is 12.1 Å². The second kappa shape index (κ2) is 6.41. The first kappa shape index (κ1) is 16.0. The minimum atomic E-state index is -0.684. The fraction of sp³-hybridized carbons (Fsp3) is 0.467. The molecule has 1 unspecified atom stereocenters. The van der Waals surface area contributed by atoms with Crippen molar-refractivity contribution in [3.05, 3.63) is 29.8 Å². The number of hydrogen-bond donors (Lipinski definition) is 0. The van der Waals surface area contributed by atoms with Crippen LogP contribution in [0.3, 0.4) is 0 Å². The highest BCUT2D eigenvalue weighted by Gasteiger charge is 2.26. The molecule has 1 aromatic carbocycles. The molecular weight excluding hydrogens is 258 g/mol. The molecule has 0 bridgehead atoms. The molecule has 0 saturated carbocycles. The second-order valence-corrected chi connectivity index (χ2v) is 5.45. The van der Waals surface area contributed by atoms with Crippen LogP contribution in [0, 0.1) is 0 Å². The number of rotatable bonds is 4. The van der Waals surface area contributed by atoms with Crippen molar-refractivity contribution in [3.63, 3.8) is 0 Å². The number of ether oxygens (including phenoxy) is 2. The Morgan fingerprint density at radius 2 is 1.80 bits per heavy atom. The zero-order valence-corrected chi connectivity index (χ0v) is 12.5. The number of carbonyl (C=O) groups excluding carboxylic acids is 2. The van der Waals surface area contributed by atoms with E-state index in [9.17, 15) is 9.59 Å². The van der Waals surface area contributed by atoms with E-state index in [-0.39, 0.29) is 0 Å². The molecule has 0 N–H and O–H groups in total. The van der Waals surface area contributed by atoms with Crippen LogP contribution in [0.2, 0.25) is 0 Å². The summed E-state index contributed by atoms with van der Waals surface area (Å²) in [5, 5.41) is 0. The lowest BCUT2D eigenvalue weighted by atomic mass is 10.1. The van der Waals surface area contributed by atoms with E-state index in [4.69, 9.17) is 9.47 Å². The SMILES string of the molecule is COc1ccc(C(C=O)N(C)C(=O)OC(C)(C)C)cc1. The van der Waals surface area contributed by atoms with E-state index in [1.165, 1.54) is 11.9 Å². The molecule has 1 amide bonds. The lowest BCUT2D eigenvalue weighted by molar-refractivity contribution is -0.112. The zero-order chi connectivity index (χ0) is 15.3. The van der Waals surface area contributed by atoms with Gasteiger partial charge in [-0.05, 0) is 38.5 Å². The number of aldehydes is 1. The van der Waals surface area contributed by atoms with Gasteiger partial charge in [-0.25, -0.2) is 4.79 Å². The van der Waals surface area contributed by atoms with Gasteiger partial charge in [0.1, 0.15) is 23.7 Å². The molecule has 0 spiro atoms. The van der Waals surface area contributed by atoms with Gasteiger partial charge in [0.25, 0.3) is 0 Å². The van der Waals surface area contributed by atoms with E-state index in [0.29, 0.717) is 17.6 Å². The molecule has 0 aliphatic heterocycles. The number of likely N-dealkylation sites (N-methyl/N-ethyl adjacent to an activating group) is 1. The molecule has 0 aliphatic rings. The Morgan fingerprint density at radius 1 is 1.25 bits per heavy atom. The molecule has 1 aromatic rings. The quantitative estimate of drug-likeness (QED) is 0.795. The Labute approximate surface area is 119 Å². The minimum Gasteiger partial charge on any atom is -0.497 e. The molecule has 0 radical (unpaired) electrons. The Kier molecular flexibility index (Phi) is 5.13. The third-order valence-corrected chi connectivity index (χ3v) is 2.68. The predicted molar refractivity (Wildman–Crippen MR) is 75.8 cm³/mol. The first-order chi connectivity index (χ1) is 9.28. The Morgan fingerprint density at radius 3 is 2.20 bits per heavy atom. The van der Waals surface area contributed by atoms with Crippen LogP contribution in [0.1, 0.15) is 32.4 Å². The Hall–Kier alpha value is -2.04. The summed E-state index contributed by atoms with van der Waals surface area (Å²) in [6.45, 7) is 5.34. The van der Waals surface area contributed by atoms with E-state index in [1.54, 1.807) is 52.1 Å². The normalized spacial score (nSPS) is 12.4. The number of methoxy groups -OCH3 is 1. The topological polar surface area (TPSA) is 55.8 Å². The maximum atomic E-state index is 12.0. The Bertz CT molecular complexity index is 462. The van der Waals surface area contributed by atoms with Crippen LogP contribution < -0.4 is 4.74 Å². The smallest absolute Gasteiger partial charge is 0.410 e. The summed E-state index contributed by atoms with van der Waals surface area (Å²) in [6, 6.07) is 6.30. The lowest BCUT2D eigenvalue weighted by Crippen LogP contribution is -2.37. The van der Waals surface area contributed by atoms with Crippen LogP contribution in [0.5, 0.6) is 5.75 Å². The van der Waals surface area contributed by atoms with Gasteiger partial charge >= 0.3 is 6.09 Å². The molecule has 1 rings (SSSR count). The fourth-order valence-corrected chi connectivity index (χ4v) is 1.64. The van der Waals surface area contributed by atoms with Crippen molar-refractivity contribution < 1.29 is 19.1 Å². The molecule has 0 aromatic heterocycles. The van der Waals surface area contributed by atoms with Crippen molar-refractivity contribution in [1.82, 2.24) is 4.90 Å². The highest BCUT2D eigenvalue weighted by atomic mass is 16.6. The van der Waals surface area contributed by atoms with E-state index in [1.807, 2.05) is 0 Å². The van der Waals surface area contributed by atoms with Gasteiger partial charge in [0.05, 0.1) is 7.11 Å². The number of benzene rings is 1. The van der Waals surface area contributed by atoms with E-state index < -0.39 is 17.7 Å². The zero-order valence-electron chi connectivity index (χ0n) is 12.5. The second-order valence-electron chi connectivity index (χ2n) is 5.45. The molecule has 0 saturated heterocycles. The van der Waals surface area contributed by atoms with Crippen LogP contribution >= 0.6 is 0 Å². The number of amides is 1. The number of hydrogen-bond acceptors (Lipinski definition) is 4. The first-order valence-corrected chi connectivity index (χ1v) is 6.33. The van der Waals surface area contributed by atoms with E-state index in [2.05, 4.69) is 0 Å². The fourth-order valence-electron chi connectivity index (χ4n) is 1.64. The summed E-state index contributed by atoms with van der Waals surface area (Å²) < 4.78 is 10.3. The van der Waals surface area contributed by atoms with Gasteiger partial charge in [0, 0.05) is 7.05 Å². The highest BCUT2D eigenvalue weighted by Crippen LogP contribution is 2.22. The standard InChI is InChI=1S/C15H21NO4/c1-15(2,3)20-14(18)16(4)13(10-17)11-6-8-12(19-5)9-7-11/h6-10,13H,1-5H3. The third kappa shape index (κ3) is 4.26. The van der Waals surface area contributed by atoms with Crippen LogP contribution in [-0.4, -0.2) is 37.0 Å². The Balaban J connectivity index is 2.88. The van der Waals surface area contributed by atoms with Gasteiger partial charge in [0.15, 0.2) is 0 Å². The van der Waals surface area contributed by atoms with Crippen molar-refractivity contribution in [2.24, 2.45) is 0 Å². The minimum absolute atomic E-state index is 0.537. The molecule has 1 atom stereocenters. The molecule has 110 valence electrons. The summed E-state index contributed by atoms with van der Waals surface area (Å²) >= 11 is 0. The van der Waals surface area contributed by atoms with Crippen molar-refractivity contribution in [2.45, 2.75) is 32.4 Å². The average molecular weight is 279 g/mol. The summed E-state index contributed by atoms with van der Waals surface area (Å²) in [4.78, 5) is 24.5. The summed E-state index contributed by atoms with van der Waals surface area (Å²) in [6.07, 6.45) is 0.177. The molecule has 0 fully saturated rings. The summed E-state index contributed by atoms with van der Waals surface area (Å²) in [7, 11) is 3.11. The third-order valence-electron chi connectivity index (χ3n) is 2.68. The highest BCUT2D eigenvalue weighted by molar-refractivity contribution is 5.74.